The van der Waals surface area contributed by atoms with Crippen molar-refractivity contribution >= 4 is 5.52 Å². The molecule has 0 radical (unpaired) electrons. The van der Waals surface area contributed by atoms with Crippen LogP contribution < -0.4 is 5.32 Å². The van der Waals surface area contributed by atoms with Crippen molar-refractivity contribution in [3.8, 4) is 6.07 Å². The van der Waals surface area contributed by atoms with Gasteiger partial charge in [-0.05, 0) is 19.2 Å². The van der Waals surface area contributed by atoms with Crippen LogP contribution in [0.25, 0.3) is 5.52 Å². The first kappa shape index (κ1) is 11.2. The van der Waals surface area contributed by atoms with E-state index in [1.165, 1.54) is 0 Å². The number of likely N-dealkylation sites (N-methyl/N-ethyl adjacent to an activating group) is 1. The lowest BCUT2D eigenvalue weighted by Crippen LogP contribution is -2.44. The lowest BCUT2D eigenvalue weighted by atomic mass is 10.2. The van der Waals surface area contributed by atoms with Gasteiger partial charge in [0.2, 0.25) is 0 Å². The molecule has 18 heavy (non-hydrogen) atoms. The van der Waals surface area contributed by atoms with Gasteiger partial charge in [-0.3, -0.25) is 4.90 Å². The van der Waals surface area contributed by atoms with E-state index in [-0.39, 0.29) is 6.04 Å². The third-order valence-corrected chi connectivity index (χ3v) is 3.49. The molecule has 1 unspecified atom stereocenters. The molecule has 0 bridgehead atoms. The highest BCUT2D eigenvalue weighted by molar-refractivity contribution is 5.58. The quantitative estimate of drug-likeness (QED) is 0.801. The molecular weight excluding hydrogens is 226 g/mol. The molecule has 2 aromatic rings. The van der Waals surface area contributed by atoms with Crippen LogP contribution in [0.2, 0.25) is 0 Å². The van der Waals surface area contributed by atoms with E-state index in [4.69, 9.17) is 5.26 Å². The van der Waals surface area contributed by atoms with E-state index < -0.39 is 0 Å². The van der Waals surface area contributed by atoms with Crippen LogP contribution in [0.3, 0.4) is 0 Å². The Kier molecular flexibility index (Phi) is 2.74. The van der Waals surface area contributed by atoms with E-state index >= 15 is 0 Å². The number of hydrogen-bond donors (Lipinski definition) is 1. The summed E-state index contributed by atoms with van der Waals surface area (Å²) in [4.78, 5) is 6.78. The first-order valence-corrected chi connectivity index (χ1v) is 6.09. The van der Waals surface area contributed by atoms with Gasteiger partial charge in [-0.1, -0.05) is 6.07 Å². The summed E-state index contributed by atoms with van der Waals surface area (Å²) in [5.41, 5.74) is 1.39. The molecule has 0 saturated carbocycles. The number of nitriles is 1. The van der Waals surface area contributed by atoms with Gasteiger partial charge in [-0.25, -0.2) is 4.98 Å². The Hall–Kier alpha value is -1.90. The van der Waals surface area contributed by atoms with E-state index in [1.54, 1.807) is 0 Å². The smallest absolute Gasteiger partial charge is 0.166 e. The van der Waals surface area contributed by atoms with E-state index in [0.29, 0.717) is 5.69 Å². The Balaban J connectivity index is 2.14. The lowest BCUT2D eigenvalue weighted by molar-refractivity contribution is 0.193. The number of hydrogen-bond acceptors (Lipinski definition) is 4. The third-order valence-electron chi connectivity index (χ3n) is 3.49. The molecule has 0 aliphatic carbocycles. The summed E-state index contributed by atoms with van der Waals surface area (Å²) in [6, 6.07) is 8.23. The maximum Gasteiger partial charge on any atom is 0.166 e. The van der Waals surface area contributed by atoms with E-state index in [0.717, 1.165) is 31.0 Å². The average Bonchev–Trinajstić information content (AvgIpc) is 2.78. The Bertz CT molecular complexity index is 609. The standard InChI is InChI=1S/C13H15N5/c1-17-7-5-15-9-12(17)13-16-10(8-14)11-4-2-3-6-18(11)13/h2-4,6,12,15H,5,7,9H2,1H3. The zero-order chi connectivity index (χ0) is 12.5. The molecule has 1 saturated heterocycles. The van der Waals surface area contributed by atoms with Gasteiger partial charge < -0.3 is 9.72 Å². The molecule has 0 amide bonds. The lowest BCUT2D eigenvalue weighted by Gasteiger charge is -2.32. The fourth-order valence-corrected chi connectivity index (χ4v) is 2.47. The monoisotopic (exact) mass is 241 g/mol. The average molecular weight is 241 g/mol. The van der Waals surface area contributed by atoms with Crippen LogP contribution >= 0.6 is 0 Å². The van der Waals surface area contributed by atoms with Crippen LogP contribution in [-0.4, -0.2) is 41.0 Å². The van der Waals surface area contributed by atoms with Crippen molar-refractivity contribution in [2.75, 3.05) is 26.7 Å². The SMILES string of the molecule is CN1CCNCC1c1nc(C#N)c2ccccn12. The third kappa shape index (κ3) is 1.67. The molecule has 0 spiro atoms. The fourth-order valence-electron chi connectivity index (χ4n) is 2.47. The molecule has 0 aromatic carbocycles. The van der Waals surface area contributed by atoms with Crippen LogP contribution in [0.5, 0.6) is 0 Å². The second kappa shape index (κ2) is 4.41. The summed E-state index contributed by atoms with van der Waals surface area (Å²) in [6.07, 6.45) is 1.97. The molecular formula is C13H15N5. The summed E-state index contributed by atoms with van der Waals surface area (Å²) in [5.74, 6) is 0.942. The molecule has 1 atom stereocenters. The predicted molar refractivity (Wildman–Crippen MR) is 68.1 cm³/mol. The van der Waals surface area contributed by atoms with Gasteiger partial charge in [0.1, 0.15) is 11.9 Å². The van der Waals surface area contributed by atoms with Crippen LogP contribution in [0.1, 0.15) is 17.6 Å². The van der Waals surface area contributed by atoms with Crippen molar-refractivity contribution in [2.45, 2.75) is 6.04 Å². The normalized spacial score (nSPS) is 21.0. The Labute approximate surface area is 106 Å². The van der Waals surface area contributed by atoms with Crippen LogP contribution in [0.15, 0.2) is 24.4 Å². The minimum Gasteiger partial charge on any atom is -0.313 e. The van der Waals surface area contributed by atoms with Gasteiger partial charge in [0.15, 0.2) is 5.69 Å². The fraction of sp³-hybridized carbons (Fsp3) is 0.385. The van der Waals surface area contributed by atoms with Gasteiger partial charge in [-0.15, -0.1) is 0 Å². The Morgan fingerprint density at radius 1 is 1.50 bits per heavy atom. The molecule has 1 N–H and O–H groups in total. The van der Waals surface area contributed by atoms with Crippen molar-refractivity contribution in [3.05, 3.63) is 35.9 Å². The highest BCUT2D eigenvalue weighted by Crippen LogP contribution is 2.22. The Morgan fingerprint density at radius 2 is 2.39 bits per heavy atom. The number of aromatic nitrogens is 2. The van der Waals surface area contributed by atoms with Crippen molar-refractivity contribution in [2.24, 2.45) is 0 Å². The number of nitrogens with zero attached hydrogens (tertiary/aromatic N) is 4. The van der Waals surface area contributed by atoms with Crippen LogP contribution in [0, 0.1) is 11.3 Å². The minimum absolute atomic E-state index is 0.218. The summed E-state index contributed by atoms with van der Waals surface area (Å²) in [7, 11) is 2.10. The Morgan fingerprint density at radius 3 is 3.17 bits per heavy atom. The van der Waals surface area contributed by atoms with Crippen molar-refractivity contribution in [3.63, 3.8) is 0 Å². The molecule has 5 heteroatoms. The number of pyridine rings is 1. The summed E-state index contributed by atoms with van der Waals surface area (Å²) in [5, 5.41) is 12.5. The molecule has 1 fully saturated rings. The molecule has 1 aliphatic rings. The predicted octanol–water partition coefficient (Wildman–Crippen LogP) is 0.782. The largest absolute Gasteiger partial charge is 0.313 e. The molecule has 2 aromatic heterocycles. The molecule has 5 nitrogen and oxygen atoms in total. The van der Waals surface area contributed by atoms with Crippen LogP contribution in [-0.2, 0) is 0 Å². The first-order valence-electron chi connectivity index (χ1n) is 6.09. The van der Waals surface area contributed by atoms with Gasteiger partial charge in [0.25, 0.3) is 0 Å². The first-order chi connectivity index (χ1) is 8.81. The van der Waals surface area contributed by atoms with Crippen molar-refractivity contribution in [1.82, 2.24) is 19.6 Å². The number of fused-ring (bicyclic) bond motifs is 1. The highest BCUT2D eigenvalue weighted by Gasteiger charge is 2.25. The molecule has 3 rings (SSSR count). The molecule has 3 heterocycles. The zero-order valence-electron chi connectivity index (χ0n) is 10.3. The number of nitrogens with one attached hydrogen (secondary N) is 1. The molecule has 92 valence electrons. The number of piperazine rings is 1. The summed E-state index contributed by atoms with van der Waals surface area (Å²) >= 11 is 0. The maximum atomic E-state index is 9.16. The van der Waals surface area contributed by atoms with E-state index in [1.807, 2.05) is 28.8 Å². The minimum atomic E-state index is 0.218. The maximum absolute atomic E-state index is 9.16. The number of imidazole rings is 1. The summed E-state index contributed by atoms with van der Waals surface area (Å²) < 4.78 is 2.02. The summed E-state index contributed by atoms with van der Waals surface area (Å²) in [6.45, 7) is 2.87. The highest BCUT2D eigenvalue weighted by atomic mass is 15.2. The van der Waals surface area contributed by atoms with Gasteiger partial charge in [0, 0.05) is 25.8 Å². The van der Waals surface area contributed by atoms with Crippen molar-refractivity contribution in [1.29, 1.82) is 5.26 Å². The van der Waals surface area contributed by atoms with Gasteiger partial charge in [0.05, 0.1) is 11.6 Å². The topological polar surface area (TPSA) is 56.4 Å². The zero-order valence-corrected chi connectivity index (χ0v) is 10.3. The number of rotatable bonds is 1. The second-order valence-electron chi connectivity index (χ2n) is 4.59. The molecule has 1 aliphatic heterocycles. The van der Waals surface area contributed by atoms with Gasteiger partial charge in [-0.2, -0.15) is 5.26 Å². The van der Waals surface area contributed by atoms with Crippen molar-refractivity contribution < 1.29 is 0 Å². The van der Waals surface area contributed by atoms with Gasteiger partial charge >= 0.3 is 0 Å². The van der Waals surface area contributed by atoms with E-state index in [2.05, 4.69) is 28.3 Å². The second-order valence-corrected chi connectivity index (χ2v) is 4.59. The van der Waals surface area contributed by atoms with Crippen LogP contribution in [0.4, 0.5) is 0 Å². The van der Waals surface area contributed by atoms with E-state index in [9.17, 15) is 0 Å².